The van der Waals surface area contributed by atoms with Crippen LogP contribution < -0.4 is 5.73 Å². The van der Waals surface area contributed by atoms with Crippen molar-refractivity contribution in [3.8, 4) is 0 Å². The zero-order valence-corrected chi connectivity index (χ0v) is 10.4. The topological polar surface area (TPSA) is 58.6 Å². The van der Waals surface area contributed by atoms with Gasteiger partial charge in [0.15, 0.2) is 0 Å². The molecular weight excluding hydrogens is 196 g/mol. The first-order chi connectivity index (χ1) is 6.40. The molecule has 0 aliphatic carbocycles. The van der Waals surface area contributed by atoms with Gasteiger partial charge in [-0.1, -0.05) is 32.9 Å². The summed E-state index contributed by atoms with van der Waals surface area (Å²) in [5.74, 6) is 1.46. The molecule has 0 rings (SSSR count). The average Bonchev–Trinajstić information content (AvgIpc) is 2.10. The standard InChI is InChI=1S/C10H22N2OS/c1-8(2)14-7-5-6-10(3,4)9(11)12-13/h8,13H,5-7H2,1-4H3,(H2,11,12). The van der Waals surface area contributed by atoms with Crippen LogP contribution in [0.5, 0.6) is 0 Å². The smallest absolute Gasteiger partial charge is 0.144 e. The van der Waals surface area contributed by atoms with E-state index < -0.39 is 0 Å². The van der Waals surface area contributed by atoms with Gasteiger partial charge in [0.2, 0.25) is 0 Å². The van der Waals surface area contributed by atoms with Gasteiger partial charge in [-0.05, 0) is 23.8 Å². The Balaban J connectivity index is 3.77. The molecule has 0 radical (unpaired) electrons. The fraction of sp³-hybridized carbons (Fsp3) is 0.900. The SMILES string of the molecule is CC(C)SCCCC(C)(C)C(N)=NO. The van der Waals surface area contributed by atoms with E-state index in [4.69, 9.17) is 10.9 Å². The van der Waals surface area contributed by atoms with Gasteiger partial charge in [0.1, 0.15) is 5.84 Å². The quantitative estimate of drug-likeness (QED) is 0.237. The molecule has 0 aromatic heterocycles. The predicted octanol–water partition coefficient (Wildman–Crippen LogP) is 2.68. The Bertz CT molecular complexity index is 191. The molecule has 0 heterocycles. The second-order valence-corrected chi connectivity index (χ2v) is 6.08. The number of nitrogens with zero attached hydrogens (tertiary/aromatic N) is 1. The summed E-state index contributed by atoms with van der Waals surface area (Å²) in [6.45, 7) is 8.39. The van der Waals surface area contributed by atoms with E-state index in [2.05, 4.69) is 19.0 Å². The van der Waals surface area contributed by atoms with Gasteiger partial charge >= 0.3 is 0 Å². The fourth-order valence-electron chi connectivity index (χ4n) is 1.10. The Hall–Kier alpha value is -0.380. The van der Waals surface area contributed by atoms with Crippen molar-refractivity contribution in [3.05, 3.63) is 0 Å². The molecule has 0 bridgehead atoms. The van der Waals surface area contributed by atoms with E-state index in [-0.39, 0.29) is 5.41 Å². The van der Waals surface area contributed by atoms with Crippen LogP contribution in [0.3, 0.4) is 0 Å². The summed E-state index contributed by atoms with van der Waals surface area (Å²) in [6.07, 6.45) is 2.06. The number of nitrogens with two attached hydrogens (primary N) is 1. The Morgan fingerprint density at radius 3 is 2.50 bits per heavy atom. The van der Waals surface area contributed by atoms with Gasteiger partial charge in [0.05, 0.1) is 0 Å². The van der Waals surface area contributed by atoms with Gasteiger partial charge in [0, 0.05) is 5.41 Å². The van der Waals surface area contributed by atoms with E-state index in [1.54, 1.807) is 0 Å². The van der Waals surface area contributed by atoms with Gasteiger partial charge < -0.3 is 10.9 Å². The molecule has 0 aliphatic rings. The lowest BCUT2D eigenvalue weighted by Crippen LogP contribution is -2.31. The lowest BCUT2D eigenvalue weighted by Gasteiger charge is -2.22. The van der Waals surface area contributed by atoms with Crippen LogP contribution in [0.2, 0.25) is 0 Å². The molecule has 0 spiro atoms. The molecule has 0 amide bonds. The Kier molecular flexibility index (Phi) is 6.00. The third kappa shape index (κ3) is 5.37. The van der Waals surface area contributed by atoms with Gasteiger partial charge in [-0.2, -0.15) is 11.8 Å². The third-order valence-electron chi connectivity index (χ3n) is 2.20. The summed E-state index contributed by atoms with van der Waals surface area (Å²) in [7, 11) is 0. The van der Waals surface area contributed by atoms with Gasteiger partial charge in [-0.3, -0.25) is 0 Å². The van der Waals surface area contributed by atoms with Gasteiger partial charge in [-0.15, -0.1) is 0 Å². The van der Waals surface area contributed by atoms with Crippen LogP contribution in [0.25, 0.3) is 0 Å². The highest BCUT2D eigenvalue weighted by Crippen LogP contribution is 2.24. The molecular formula is C10H22N2OS. The Labute approximate surface area is 91.1 Å². The van der Waals surface area contributed by atoms with Crippen molar-refractivity contribution < 1.29 is 5.21 Å². The van der Waals surface area contributed by atoms with E-state index in [0.717, 1.165) is 18.6 Å². The van der Waals surface area contributed by atoms with E-state index in [0.29, 0.717) is 11.1 Å². The normalized spacial score (nSPS) is 13.6. The minimum atomic E-state index is -0.188. The second-order valence-electron chi connectivity index (χ2n) is 4.39. The number of hydrogen-bond donors (Lipinski definition) is 2. The van der Waals surface area contributed by atoms with Crippen molar-refractivity contribution in [2.24, 2.45) is 16.3 Å². The summed E-state index contributed by atoms with van der Waals surface area (Å²) >= 11 is 1.95. The van der Waals surface area contributed by atoms with Crippen molar-refractivity contribution >= 4 is 17.6 Å². The second kappa shape index (κ2) is 6.17. The molecule has 0 saturated heterocycles. The molecule has 84 valence electrons. The lowest BCUT2D eigenvalue weighted by molar-refractivity contribution is 0.305. The zero-order valence-electron chi connectivity index (χ0n) is 9.58. The third-order valence-corrected chi connectivity index (χ3v) is 3.39. The Morgan fingerprint density at radius 2 is 2.07 bits per heavy atom. The highest BCUT2D eigenvalue weighted by molar-refractivity contribution is 7.99. The number of thioether (sulfide) groups is 1. The molecule has 0 aliphatic heterocycles. The molecule has 14 heavy (non-hydrogen) atoms. The monoisotopic (exact) mass is 218 g/mol. The van der Waals surface area contributed by atoms with E-state index in [1.165, 1.54) is 0 Å². The molecule has 0 unspecified atom stereocenters. The maximum Gasteiger partial charge on any atom is 0.144 e. The summed E-state index contributed by atoms with van der Waals surface area (Å²) < 4.78 is 0. The predicted molar refractivity (Wildman–Crippen MR) is 64.0 cm³/mol. The molecule has 4 heteroatoms. The number of hydrogen-bond acceptors (Lipinski definition) is 3. The van der Waals surface area contributed by atoms with Crippen LogP contribution >= 0.6 is 11.8 Å². The molecule has 3 nitrogen and oxygen atoms in total. The van der Waals surface area contributed by atoms with Crippen molar-refractivity contribution in [1.82, 2.24) is 0 Å². The largest absolute Gasteiger partial charge is 0.409 e. The molecule has 0 atom stereocenters. The molecule has 0 fully saturated rings. The minimum Gasteiger partial charge on any atom is -0.409 e. The number of rotatable bonds is 6. The first-order valence-corrected chi connectivity index (χ1v) is 6.04. The first-order valence-electron chi connectivity index (χ1n) is 4.99. The highest BCUT2D eigenvalue weighted by Gasteiger charge is 2.22. The van der Waals surface area contributed by atoms with Crippen LogP contribution in [0.1, 0.15) is 40.5 Å². The molecule has 0 aromatic carbocycles. The van der Waals surface area contributed by atoms with Gasteiger partial charge in [-0.25, -0.2) is 0 Å². The molecule has 0 saturated carbocycles. The van der Waals surface area contributed by atoms with Crippen LogP contribution in [0, 0.1) is 5.41 Å². The summed E-state index contributed by atoms with van der Waals surface area (Å²) in [5.41, 5.74) is 5.40. The summed E-state index contributed by atoms with van der Waals surface area (Å²) in [5, 5.41) is 12.3. The molecule has 3 N–H and O–H groups in total. The Morgan fingerprint density at radius 1 is 1.50 bits per heavy atom. The zero-order chi connectivity index (χ0) is 11.2. The number of amidine groups is 1. The fourth-order valence-corrected chi connectivity index (χ4v) is 1.88. The van der Waals surface area contributed by atoms with Crippen LogP contribution in [0.4, 0.5) is 0 Å². The maximum atomic E-state index is 8.57. The van der Waals surface area contributed by atoms with Gasteiger partial charge in [0.25, 0.3) is 0 Å². The lowest BCUT2D eigenvalue weighted by atomic mass is 9.87. The molecule has 0 aromatic rings. The van der Waals surface area contributed by atoms with Crippen molar-refractivity contribution in [3.63, 3.8) is 0 Å². The highest BCUT2D eigenvalue weighted by atomic mass is 32.2. The maximum absolute atomic E-state index is 8.57. The first kappa shape index (κ1) is 13.6. The van der Waals surface area contributed by atoms with Crippen LogP contribution in [-0.2, 0) is 0 Å². The number of oxime groups is 1. The van der Waals surface area contributed by atoms with Crippen molar-refractivity contribution in [2.45, 2.75) is 45.8 Å². The summed E-state index contributed by atoms with van der Waals surface area (Å²) in [6, 6.07) is 0. The minimum absolute atomic E-state index is 0.188. The van der Waals surface area contributed by atoms with Crippen molar-refractivity contribution in [1.29, 1.82) is 0 Å². The van der Waals surface area contributed by atoms with Crippen molar-refractivity contribution in [2.75, 3.05) is 5.75 Å². The van der Waals surface area contributed by atoms with E-state index >= 15 is 0 Å². The average molecular weight is 218 g/mol. The van der Waals surface area contributed by atoms with E-state index in [1.807, 2.05) is 25.6 Å². The van der Waals surface area contributed by atoms with E-state index in [9.17, 15) is 0 Å². The van der Waals surface area contributed by atoms with Crippen LogP contribution in [0.15, 0.2) is 5.16 Å². The summed E-state index contributed by atoms with van der Waals surface area (Å²) in [4.78, 5) is 0. The van der Waals surface area contributed by atoms with Crippen LogP contribution in [-0.4, -0.2) is 22.0 Å².